The monoisotopic (exact) mass is 2060 g/mol. The molecule has 19 rings (SSSR count). The van der Waals surface area contributed by atoms with Crippen LogP contribution in [0.3, 0.4) is 0 Å². The Kier molecular flexibility index (Phi) is 32.0. The van der Waals surface area contributed by atoms with Gasteiger partial charge in [-0.15, -0.1) is 0 Å². The second kappa shape index (κ2) is 43.3. The zero-order valence-corrected chi connectivity index (χ0v) is 77.3. The average Bonchev–Trinajstić information content (AvgIpc) is 1.56. The molecule has 28 atom stereocenters. The van der Waals surface area contributed by atoms with Crippen LogP contribution in [-0.2, 0) is 33.2 Å². The Hall–Kier alpha value is -15.7. The minimum absolute atomic E-state index is 0.0272. The van der Waals surface area contributed by atoms with Crippen LogP contribution in [0.2, 0.25) is 0 Å². The fourth-order valence-electron chi connectivity index (χ4n) is 17.0. The Bertz CT molecular complexity index is 7720. The van der Waals surface area contributed by atoms with E-state index in [9.17, 15) is 115 Å². The molecule has 12 aromatic rings. The van der Waals surface area contributed by atoms with Crippen molar-refractivity contribution in [2.45, 2.75) is 194 Å². The molecule has 786 valence electrons. The van der Waals surface area contributed by atoms with E-state index in [-0.39, 0.29) is 110 Å². The minimum atomic E-state index is -1.50. The van der Waals surface area contributed by atoms with Gasteiger partial charge >= 0.3 is 11.4 Å². The van der Waals surface area contributed by atoms with E-state index in [1.54, 1.807) is 6.92 Å². The van der Waals surface area contributed by atoms with Crippen LogP contribution < -0.4 is 90.4 Å². The minimum Gasteiger partial charge on any atom is -0.394 e. The van der Waals surface area contributed by atoms with Crippen molar-refractivity contribution in [2.75, 3.05) is 74.9 Å². The van der Waals surface area contributed by atoms with Gasteiger partial charge in [-0.05, 0) is 52.6 Å². The van der Waals surface area contributed by atoms with Gasteiger partial charge in [-0.25, -0.2) is 34.5 Å². The first-order valence-corrected chi connectivity index (χ1v) is 43.4. The van der Waals surface area contributed by atoms with Gasteiger partial charge in [0.25, 0.3) is 38.9 Å². The van der Waals surface area contributed by atoms with Gasteiger partial charge in [-0.2, -0.15) is 40.7 Å². The molecule has 19 heterocycles. The number of fused-ring (bicyclic) bond motifs is 5. The molecule has 7 saturated heterocycles. The molecule has 0 saturated carbocycles. The number of nitriles is 3. The van der Waals surface area contributed by atoms with Crippen molar-refractivity contribution < 1.29 is 105 Å². The number of aromatic nitrogens is 24. The lowest BCUT2D eigenvalue weighted by molar-refractivity contribution is -0.0504. The third-order valence-corrected chi connectivity index (χ3v) is 25.0. The van der Waals surface area contributed by atoms with E-state index in [0.29, 0.717) is 0 Å². The number of nitrogens with one attached hydrogen (secondary N) is 7. The highest BCUT2D eigenvalue weighted by molar-refractivity contribution is 5.74. The second-order valence-electron chi connectivity index (χ2n) is 34.7. The highest BCUT2D eigenvalue weighted by Crippen LogP contribution is 2.48. The summed E-state index contributed by atoms with van der Waals surface area (Å²) in [5.41, 5.74) is 47.9. The molecule has 0 amide bonds. The lowest BCUT2D eigenvalue weighted by Crippen LogP contribution is -2.52. The molecule has 147 heavy (non-hydrogen) atoms. The first-order chi connectivity index (χ1) is 69.6. The molecule has 0 spiro atoms. The number of aryl methyl sites for hydroxylation is 2. The molecule has 70 nitrogen and oxygen atoms in total. The van der Waals surface area contributed by atoms with Crippen molar-refractivity contribution in [2.24, 2.45) is 38.4 Å². The number of rotatable bonds is 16. The highest BCUT2D eigenvalue weighted by Gasteiger charge is 2.59. The summed E-state index contributed by atoms with van der Waals surface area (Å²) < 4.78 is 47.4. The van der Waals surface area contributed by atoms with E-state index in [1.807, 2.05) is 18.2 Å². The molecule has 0 aliphatic carbocycles. The molecule has 7 aliphatic heterocycles. The van der Waals surface area contributed by atoms with E-state index in [0.717, 1.165) is 9.13 Å². The maximum Gasteiger partial charge on any atom is 0.330 e. The number of anilines is 5. The van der Waals surface area contributed by atoms with Gasteiger partial charge < -0.3 is 145 Å². The van der Waals surface area contributed by atoms with E-state index in [4.69, 9.17) is 99.7 Å². The number of hydrogen-bond donors (Lipinski definition) is 28. The Morgan fingerprint density at radius 1 is 0.395 bits per heavy atom. The summed E-state index contributed by atoms with van der Waals surface area (Å²) in [6.07, 6.45) is -12.3. The first kappa shape index (κ1) is 109. The standard InChI is InChI=1S/C12H14N6O4.C12H15N3O5.C11H16N6O4.C11H12N6O4.C11H15N5O5.C10H12N8O4.C10H14N6O4/c1-12(3-13)7(20)5(2-19)22-10(12)18-4-15-6-8(18)16-11(14)17-9(6)21;1-6-3-15(11(19)14-9(6)18)10-12(2,5-13)8(17)7(4-16)20-10;1-11(13)6(19)4(2-18)21-9(11)17-3-14-5-7(17)15-10(12)16-8(5)20;12-1-4-7(19)5(2-18)21-10(4)17-3-14-6-8(17)15-11(13)16-9(6)20;1-5-3-16(10(20)13-8(5)19)9-11(2,14-15-12)7(18)6(4-17)21-9;11-10-14-7-5(8(21)15-10)13-2-18(7)9-4(16-17-12)6(20)3(1-19)22-9;11-4-6(18)3(1-17)20-9(4)16-2-13-5-7(16)14-10(12)15-8(5)19/h4-5,7,10,19-20H,2H2,1H3,(H3,14,16,17,21);3,7-8,10,16-17H,4H2,1-2H3,(H,14,18,19);3-4,6,9,18-19H,2,13H2,1H3,(H3,12,15,16,20);3-5,7,10,18-19H,2H2,(H3,13,15,16,20);3,6-7,9,17-18H,4H2,1-2H3,(H,13,19,20);2-4,6,9,19-20H,1H2,(H3,11,14,15,21);2-4,6,9,17-18H,1,11H2,(H3,12,14,15,19)/t5-,7-,10-,12-;7-,8-,10-,12-;4-,6-,9-,11-;4-,5-,7+,10-;6-,7-,9-,11-;2*3-,4-,6-,9-/m1111111/s1. The predicted molar refractivity (Wildman–Crippen MR) is 492 cm³/mol. The second-order valence-corrected chi connectivity index (χ2v) is 34.7. The van der Waals surface area contributed by atoms with Gasteiger partial charge in [-0.3, -0.25) is 100 Å². The molecule has 0 radical (unpaired) electrons. The Labute approximate surface area is 814 Å². The number of hydrogen-bond acceptors (Lipinski definition) is 52. The van der Waals surface area contributed by atoms with Gasteiger partial charge in [-0.1, -0.05) is 10.2 Å². The molecular weight excluding hydrogens is 1970 g/mol. The number of ether oxygens (including phenoxy) is 7. The topological polar surface area (TPSA) is 1130 Å². The van der Waals surface area contributed by atoms with E-state index >= 15 is 0 Å². The van der Waals surface area contributed by atoms with E-state index in [2.05, 4.69) is 105 Å². The van der Waals surface area contributed by atoms with Crippen molar-refractivity contribution >= 4 is 85.6 Å². The smallest absolute Gasteiger partial charge is 0.330 e. The van der Waals surface area contributed by atoms with Gasteiger partial charge in [0.2, 0.25) is 29.7 Å². The summed E-state index contributed by atoms with van der Waals surface area (Å²) in [5.74, 6) is -1.37. The third-order valence-electron chi connectivity index (χ3n) is 25.0. The van der Waals surface area contributed by atoms with Crippen molar-refractivity contribution in [1.82, 2.24) is 117 Å². The number of nitrogen functional groups attached to an aromatic ring is 5. The summed E-state index contributed by atoms with van der Waals surface area (Å²) >= 11 is 0. The van der Waals surface area contributed by atoms with Gasteiger partial charge in [0.1, 0.15) is 108 Å². The zero-order chi connectivity index (χ0) is 108. The van der Waals surface area contributed by atoms with Crippen LogP contribution in [0, 0.1) is 64.6 Å². The summed E-state index contributed by atoms with van der Waals surface area (Å²) in [5, 5.41) is 170. The normalized spacial score (nSPS) is 30.9. The van der Waals surface area contributed by atoms with Crippen LogP contribution in [0.15, 0.2) is 97.4 Å². The van der Waals surface area contributed by atoms with E-state index < -0.39 is 252 Å². The number of nitrogens with zero attached hydrogens (tertiary/aromatic N) is 26. The fraction of sp³-hybridized carbons (Fsp3) is 0.532. The fourth-order valence-corrected chi connectivity index (χ4v) is 17.0. The molecule has 12 aromatic heterocycles. The molecule has 7 aliphatic rings. The van der Waals surface area contributed by atoms with Crippen molar-refractivity contribution in [1.29, 1.82) is 15.8 Å². The number of H-pyrrole nitrogens is 7. The van der Waals surface area contributed by atoms with Crippen LogP contribution in [0.4, 0.5) is 29.7 Å². The largest absolute Gasteiger partial charge is 0.394 e. The molecule has 70 heteroatoms. The SMILES string of the molecule is C[C@@]1(C#N)[C@H](O)[C@@H](CO)O[C@H]1n1cnc2c(=O)[nH]c(N)nc21.C[C@@]1(N)[C@H](O)[C@@H](CO)O[C@H]1n1cnc2c(=O)[nH]c(N)nc21.Cc1cn([C@@H]2O[C@H](CO)[C@@H](O)[C@@]2(C)C#N)c(=O)[nH]c1=O.Cc1cn([C@@H]2O[C@H](CO)[C@@H](O)[C@@]2(C)N=[N+]=[N-])c(=O)[nH]c1=O.N#C[C@@H]1[C@H](O)[C@@H](CO)O[C@H]1n1cnc2c(=O)[nH]c(N)nc21.Nc1nc2c(ncn2[C@@H]2O[C@H](CO)[C@@H](O)[C@H]2N)c(=O)[nH]1.[N-]=[N+]=N[C@@H]1[C@H](O)[C@@H](CO)O[C@H]1n1cnc2c(=O)[nH]c(N)nc21. The summed E-state index contributed by atoms with van der Waals surface area (Å²) in [7, 11) is 0. The van der Waals surface area contributed by atoms with Crippen molar-refractivity contribution in [3.05, 3.63) is 169 Å². The molecule has 0 aromatic carbocycles. The Morgan fingerprint density at radius 3 is 1.06 bits per heavy atom. The average molecular weight is 2060 g/mol. The highest BCUT2D eigenvalue weighted by atomic mass is 16.6. The van der Waals surface area contributed by atoms with Crippen LogP contribution in [0.1, 0.15) is 82.4 Å². The number of imidazole rings is 5. The number of aliphatic hydroxyl groups excluding tert-OH is 14. The molecule has 7 fully saturated rings. The number of azide groups is 2. The first-order valence-electron chi connectivity index (χ1n) is 43.4. The summed E-state index contributed by atoms with van der Waals surface area (Å²) in [4.78, 5) is 166. The molecular formula is C77H98N40O30. The van der Waals surface area contributed by atoms with Gasteiger partial charge in [0.05, 0.1) is 120 Å². The molecule has 0 bridgehead atoms. The van der Waals surface area contributed by atoms with Crippen LogP contribution in [0.25, 0.3) is 76.7 Å². The lowest BCUT2D eigenvalue weighted by Gasteiger charge is -2.28. The Morgan fingerprint density at radius 2 is 0.701 bits per heavy atom. The number of aliphatic hydroxyl groups is 14. The lowest BCUT2D eigenvalue weighted by atomic mass is 9.84. The molecule has 35 N–H and O–H groups in total. The maximum atomic E-state index is 11.9. The molecule has 0 unspecified atom stereocenters. The zero-order valence-electron chi connectivity index (χ0n) is 77.3. The third kappa shape index (κ3) is 20.1. The number of nitrogens with two attached hydrogens (primary N) is 7. The summed E-state index contributed by atoms with van der Waals surface area (Å²) in [6, 6.07) is 4.07. The number of aromatic amines is 7. The van der Waals surface area contributed by atoms with Crippen LogP contribution in [-0.4, -0.2) is 343 Å². The maximum absolute atomic E-state index is 11.9. The van der Waals surface area contributed by atoms with Crippen molar-refractivity contribution in [3.8, 4) is 18.2 Å². The van der Waals surface area contributed by atoms with Crippen LogP contribution in [0.5, 0.6) is 0 Å². The van der Waals surface area contributed by atoms with Crippen LogP contribution >= 0.6 is 0 Å². The van der Waals surface area contributed by atoms with Crippen molar-refractivity contribution in [3.63, 3.8) is 0 Å². The van der Waals surface area contributed by atoms with Gasteiger partial charge in [0, 0.05) is 33.3 Å². The summed E-state index contributed by atoms with van der Waals surface area (Å²) in [6.45, 7) is 5.85. The van der Waals surface area contributed by atoms with E-state index in [1.165, 1.54) is 101 Å². The van der Waals surface area contributed by atoms with Gasteiger partial charge in [0.15, 0.2) is 93.2 Å². The predicted octanol–water partition coefficient (Wildman–Crippen LogP) is -12.1. The Balaban J connectivity index is 0.000000143. The quantitative estimate of drug-likeness (QED) is 0.0243.